The summed E-state index contributed by atoms with van der Waals surface area (Å²) in [7, 11) is 0. The Kier molecular flexibility index (Phi) is 3.45. The molecule has 34 heavy (non-hydrogen) atoms. The van der Waals surface area contributed by atoms with Crippen molar-refractivity contribution in [3.8, 4) is 0 Å². The van der Waals surface area contributed by atoms with Crippen molar-refractivity contribution in [2.45, 2.75) is 83.7 Å². The predicted molar refractivity (Wildman–Crippen MR) is 130 cm³/mol. The summed E-state index contributed by atoms with van der Waals surface area (Å²) in [4.78, 5) is 4.88. The van der Waals surface area contributed by atoms with Crippen LogP contribution in [0.15, 0.2) is 41.6 Å². The number of likely N-dealkylation sites (tertiary alicyclic amines) is 1. The molecule has 4 rings (SSSR count). The van der Waals surface area contributed by atoms with E-state index in [0.29, 0.717) is 31.0 Å². The number of halogens is 3. The van der Waals surface area contributed by atoms with Gasteiger partial charge in [0.2, 0.25) is 0 Å². The molecule has 6 heteroatoms. The zero-order chi connectivity index (χ0) is 39.9. The number of aryl methyl sites for hydroxylation is 1. The van der Waals surface area contributed by atoms with Crippen LogP contribution in [0.3, 0.4) is 0 Å². The van der Waals surface area contributed by atoms with Crippen molar-refractivity contribution in [2.24, 2.45) is 5.16 Å². The average molecular weight is 491 g/mol. The monoisotopic (exact) mass is 490 g/mol. The molecule has 2 aromatic carbocycles. The van der Waals surface area contributed by atoms with Gasteiger partial charge in [-0.05, 0) is 91.3 Å². The Hall–Kier alpha value is -2.34. The van der Waals surface area contributed by atoms with E-state index in [2.05, 4.69) is 5.16 Å². The molecule has 2 aromatic rings. The first-order valence-corrected chi connectivity index (χ1v) is 10.6. The van der Waals surface area contributed by atoms with Gasteiger partial charge >= 0.3 is 6.18 Å². The molecular weight excluding hydrogens is 437 g/mol. The van der Waals surface area contributed by atoms with Crippen LogP contribution in [0.25, 0.3) is 0 Å². The smallest absolute Gasteiger partial charge is 0.391 e. The molecule has 1 aliphatic heterocycles. The standard InChI is InChI=1S/C28H35F3N2O/c1-3-22-17-24(11-12-25(22)18-33-14-7-15-33)20(2)32-34-19-21-10-13-26(23-8-5-4-6-9-23)27(16-21)28(29,30)31/h10-13,16-17,23H,3-9,14-15,18-19H2,1-2H3/b32-20+/i1D3,2D3,3D2,7D,14D2,15D2,18D2,19D2,23D. The van der Waals surface area contributed by atoms with Crippen molar-refractivity contribution in [2.75, 3.05) is 13.0 Å². The van der Waals surface area contributed by atoms with Crippen LogP contribution in [-0.2, 0) is 30.4 Å². The minimum atomic E-state index is -5.01. The third kappa shape index (κ3) is 6.01. The second kappa shape index (κ2) is 10.9. The van der Waals surface area contributed by atoms with Crippen molar-refractivity contribution >= 4 is 5.71 Å². The van der Waals surface area contributed by atoms with Gasteiger partial charge in [-0.1, -0.05) is 55.5 Å². The van der Waals surface area contributed by atoms with Gasteiger partial charge in [0.05, 0.1) is 14.0 Å². The Morgan fingerprint density at radius 1 is 1.18 bits per heavy atom. The lowest BCUT2D eigenvalue weighted by atomic mass is 9.81. The van der Waals surface area contributed by atoms with Gasteiger partial charge in [0, 0.05) is 28.4 Å². The fraction of sp³-hybridized carbons (Fsp3) is 0.536. The third-order valence-corrected chi connectivity index (χ3v) is 5.51. The first-order chi connectivity index (χ1) is 23.2. The highest BCUT2D eigenvalue weighted by Gasteiger charge is 2.35. The maximum Gasteiger partial charge on any atom is 0.416 e. The van der Waals surface area contributed by atoms with Gasteiger partial charge in [0.15, 0.2) is 0 Å². The van der Waals surface area contributed by atoms with Crippen molar-refractivity contribution < 1.29 is 42.7 Å². The van der Waals surface area contributed by atoms with Gasteiger partial charge in [-0.2, -0.15) is 13.2 Å². The van der Waals surface area contributed by atoms with E-state index in [0.717, 1.165) is 24.6 Å². The van der Waals surface area contributed by atoms with Crippen LogP contribution < -0.4 is 0 Å². The summed E-state index contributed by atoms with van der Waals surface area (Å²) in [6.45, 7) is -19.5. The number of benzene rings is 2. The molecule has 1 heterocycles. The second-order valence-corrected chi connectivity index (χ2v) is 7.79. The summed E-state index contributed by atoms with van der Waals surface area (Å²) in [6, 6.07) is 4.36. The van der Waals surface area contributed by atoms with Crippen molar-refractivity contribution in [1.29, 1.82) is 0 Å². The van der Waals surface area contributed by atoms with E-state index in [1.807, 2.05) is 0 Å². The highest BCUT2D eigenvalue weighted by Crippen LogP contribution is 2.41. The average Bonchev–Trinajstić information content (AvgIpc) is 2.98. The molecule has 0 bridgehead atoms. The quantitative estimate of drug-likeness (QED) is 0.283. The van der Waals surface area contributed by atoms with E-state index in [-0.39, 0.29) is 23.3 Å². The highest BCUT2D eigenvalue weighted by molar-refractivity contribution is 5.98. The van der Waals surface area contributed by atoms with Crippen molar-refractivity contribution in [1.82, 2.24) is 4.90 Å². The number of oxime groups is 1. The van der Waals surface area contributed by atoms with Gasteiger partial charge in [-0.15, -0.1) is 0 Å². The Labute approximate surface area is 226 Å². The molecule has 0 unspecified atom stereocenters. The minimum absolute atomic E-state index is 0.0213. The first kappa shape index (κ1) is 10.7. The number of nitrogens with zero attached hydrogens (tertiary/aromatic N) is 2. The molecule has 1 saturated heterocycles. The largest absolute Gasteiger partial charge is 0.416 e. The molecule has 0 amide bonds. The summed E-state index contributed by atoms with van der Waals surface area (Å²) >= 11 is 0. The molecule has 0 N–H and O–H groups in total. The Morgan fingerprint density at radius 3 is 2.74 bits per heavy atom. The molecule has 2 fully saturated rings. The van der Waals surface area contributed by atoms with E-state index in [9.17, 15) is 13.2 Å². The summed E-state index contributed by atoms with van der Waals surface area (Å²) < 4.78 is 190. The number of alkyl halides is 3. The van der Waals surface area contributed by atoms with Crippen molar-refractivity contribution in [3.05, 3.63) is 69.8 Å². The zero-order valence-corrected chi connectivity index (χ0v) is 18.0. The van der Waals surface area contributed by atoms with Crippen LogP contribution in [-0.4, -0.2) is 23.6 Å². The SMILES string of the molecule is [2H]C1C([2H])([2H])N(C([2H])([2H])c2ccc(/C(=N/OC([2H])([2H])c3ccc(C4([2H])CCCCC4)c(C(F)(F)F)c3)C([2H])([2H])[2H])cc2C([2H])([2H])C([2H])([2H])[2H])C1([2H])[2H]. The van der Waals surface area contributed by atoms with Crippen LogP contribution in [0.5, 0.6) is 0 Å². The minimum Gasteiger partial charge on any atom is -0.391 e. The van der Waals surface area contributed by atoms with Gasteiger partial charge in [0.1, 0.15) is 6.56 Å². The Balaban J connectivity index is 1.84. The van der Waals surface area contributed by atoms with E-state index in [4.69, 9.17) is 29.5 Å². The zero-order valence-electron chi connectivity index (χ0n) is 36.0. The lowest BCUT2D eigenvalue weighted by molar-refractivity contribution is -0.138. The summed E-state index contributed by atoms with van der Waals surface area (Å²) in [5.41, 5.74) is -6.26. The van der Waals surface area contributed by atoms with Crippen molar-refractivity contribution in [3.63, 3.8) is 0 Å². The van der Waals surface area contributed by atoms with E-state index < -0.39 is 98.1 Å². The molecule has 0 spiro atoms. The normalized spacial score (nSPS) is 32.4. The molecule has 0 aromatic heterocycles. The number of hydrogen-bond donors (Lipinski definition) is 0. The Morgan fingerprint density at radius 2 is 2.00 bits per heavy atom. The molecule has 1 aliphatic carbocycles. The molecule has 1 saturated carbocycles. The van der Waals surface area contributed by atoms with Crippen LogP contribution in [0.2, 0.25) is 0 Å². The number of rotatable bonds is 8. The van der Waals surface area contributed by atoms with Crippen LogP contribution >= 0.6 is 0 Å². The molecule has 184 valence electrons. The lowest BCUT2D eigenvalue weighted by Gasteiger charge is -2.31. The maximum absolute atomic E-state index is 14.2. The molecule has 2 aliphatic rings. The highest BCUT2D eigenvalue weighted by atomic mass is 19.4. The Bertz CT molecular complexity index is 1680. The summed E-state index contributed by atoms with van der Waals surface area (Å²) in [5, 5.41) is 3.38. The van der Waals surface area contributed by atoms with Gasteiger partial charge in [-0.3, -0.25) is 4.90 Å². The molecular formula is C28H35F3N2O. The van der Waals surface area contributed by atoms with E-state index in [1.54, 1.807) is 0 Å². The molecule has 0 atom stereocenters. The van der Waals surface area contributed by atoms with Crippen LogP contribution in [0, 0.1) is 0 Å². The lowest BCUT2D eigenvalue weighted by Crippen LogP contribution is -2.36. The van der Waals surface area contributed by atoms with Gasteiger partial charge < -0.3 is 4.84 Å². The maximum atomic E-state index is 14.2. The fourth-order valence-corrected chi connectivity index (χ4v) is 3.78. The molecule has 0 radical (unpaired) electrons. The molecule has 3 nitrogen and oxygen atoms in total. The first-order valence-electron chi connectivity index (χ1n) is 19.7. The van der Waals surface area contributed by atoms with Gasteiger partial charge in [-0.25, -0.2) is 0 Å². The third-order valence-electron chi connectivity index (χ3n) is 5.51. The van der Waals surface area contributed by atoms with Crippen LogP contribution in [0.1, 0.15) is 116 Å². The predicted octanol–water partition coefficient (Wildman–Crippen LogP) is 7.46. The van der Waals surface area contributed by atoms with Gasteiger partial charge in [0.25, 0.3) is 0 Å². The summed E-state index contributed by atoms with van der Waals surface area (Å²) in [5.74, 6) is -1.58. The number of hydrogen-bond acceptors (Lipinski definition) is 3. The second-order valence-electron chi connectivity index (χ2n) is 7.79. The topological polar surface area (TPSA) is 24.8 Å². The fourth-order valence-electron chi connectivity index (χ4n) is 3.78. The van der Waals surface area contributed by atoms with E-state index in [1.165, 1.54) is 0 Å². The van der Waals surface area contributed by atoms with Crippen LogP contribution in [0.4, 0.5) is 13.2 Å². The summed E-state index contributed by atoms with van der Waals surface area (Å²) in [6.07, 6.45) is -8.56. The van der Waals surface area contributed by atoms with E-state index >= 15 is 0 Å².